The maximum Gasteiger partial charge on any atom is 0.0248 e. The van der Waals surface area contributed by atoms with E-state index in [2.05, 4.69) is 0 Å². The minimum Gasteiger partial charge on any atom is -0.768 e. The van der Waals surface area contributed by atoms with E-state index in [1.165, 1.54) is 0 Å². The molecule has 9 heteroatoms. The average molecular weight is 382 g/mol. The summed E-state index contributed by atoms with van der Waals surface area (Å²) in [5, 5.41) is 0. The van der Waals surface area contributed by atoms with E-state index in [9.17, 15) is 17.5 Å². The average Bonchev–Trinajstić information content (AvgIpc) is 2.41. The van der Waals surface area contributed by atoms with Gasteiger partial charge in [0, 0.05) is 26.9 Å². The number of hydrogen-bond donors (Lipinski definition) is 0. The molecular weight excluding hydrogens is 368 g/mol. The van der Waals surface area contributed by atoms with Crippen LogP contribution in [0.2, 0.25) is 0 Å². The van der Waals surface area contributed by atoms with Crippen molar-refractivity contribution in [2.24, 2.45) is 0 Å². The Balaban J connectivity index is -0.000000270. The molecule has 0 saturated heterocycles. The van der Waals surface area contributed by atoms with Gasteiger partial charge in [0.15, 0.2) is 0 Å². The van der Waals surface area contributed by atoms with Crippen molar-refractivity contribution in [1.82, 2.24) is 0 Å². The van der Waals surface area contributed by atoms with Crippen LogP contribution in [0.4, 0.5) is 0 Å². The Kier molecular flexibility index (Phi) is 16.8. The third-order valence-electron chi connectivity index (χ3n) is 1.87. The van der Waals surface area contributed by atoms with Crippen LogP contribution in [0, 0.1) is 0 Å². The molecule has 0 heterocycles. The molecule has 2 atom stereocenters. The molecule has 0 aromatic heterocycles. The second-order valence-electron chi connectivity index (χ2n) is 3.10. The zero-order chi connectivity index (χ0) is 13.4. The fourth-order valence-corrected chi connectivity index (χ4v) is 1.82. The van der Waals surface area contributed by atoms with Gasteiger partial charge in [0.25, 0.3) is 0 Å². The molecule has 0 aliphatic carbocycles. The topological polar surface area (TPSA) is 143 Å². The van der Waals surface area contributed by atoms with Crippen molar-refractivity contribution in [3.05, 3.63) is 60.7 Å². The molecule has 1 radical (unpaired) electrons. The van der Waals surface area contributed by atoms with Crippen molar-refractivity contribution in [2.45, 2.75) is 9.79 Å². The van der Waals surface area contributed by atoms with Gasteiger partial charge in [-0.1, -0.05) is 36.4 Å². The summed E-state index contributed by atoms with van der Waals surface area (Å²) in [6.45, 7) is 0. The Bertz CT molecular complexity index is 474. The van der Waals surface area contributed by atoms with E-state index in [0.717, 1.165) is 0 Å². The van der Waals surface area contributed by atoms with Crippen LogP contribution in [-0.2, 0) is 39.2 Å². The van der Waals surface area contributed by atoms with Crippen LogP contribution in [0.1, 0.15) is 0 Å². The molecule has 2 unspecified atom stereocenters. The molecule has 0 aliphatic rings. The summed E-state index contributed by atoms with van der Waals surface area (Å²) in [6, 6.07) is 16.5. The predicted octanol–water partition coefficient (Wildman–Crippen LogP) is 0.197. The molecule has 0 fully saturated rings. The zero-order valence-electron chi connectivity index (χ0n) is 10.5. The number of hydrogen-bond acceptors (Lipinski definition) is 4. The van der Waals surface area contributed by atoms with Crippen LogP contribution < -0.4 is 0 Å². The van der Waals surface area contributed by atoms with E-state index in [-0.39, 0.29) is 28.0 Å². The van der Waals surface area contributed by atoms with Crippen molar-refractivity contribution in [1.29, 1.82) is 0 Å². The molecule has 2 rings (SSSR count). The molecule has 123 valence electrons. The van der Waals surface area contributed by atoms with Crippen molar-refractivity contribution >= 4 is 22.2 Å². The normalized spacial score (nSPS) is 11.1. The smallest absolute Gasteiger partial charge is 0.0248 e. The Hall–Kier alpha value is -0.901. The molecule has 2 aromatic rings. The van der Waals surface area contributed by atoms with Crippen molar-refractivity contribution in [3.8, 4) is 0 Å². The van der Waals surface area contributed by atoms with Gasteiger partial charge in [0.1, 0.15) is 0 Å². The van der Waals surface area contributed by atoms with E-state index in [1.807, 2.05) is 0 Å². The third-order valence-corrected chi connectivity index (χ3v) is 3.19. The first kappa shape index (κ1) is 25.1. The van der Waals surface area contributed by atoms with Crippen LogP contribution in [-0.4, -0.2) is 28.5 Å². The van der Waals surface area contributed by atoms with Gasteiger partial charge < -0.3 is 20.1 Å². The molecule has 6 nitrogen and oxygen atoms in total. The number of rotatable bonds is 2. The standard InChI is InChI=1S/2C6H6O2S.Cu.2H2O/c2*7-9(8)6-4-2-1-3-5-6;;;/h2*1-5H,(H,7,8);;2*1H2/p-2. The van der Waals surface area contributed by atoms with Gasteiger partial charge in [0.2, 0.25) is 0 Å². The second-order valence-corrected chi connectivity index (χ2v) is 4.98. The Labute approximate surface area is 138 Å². The van der Waals surface area contributed by atoms with Crippen molar-refractivity contribution in [3.63, 3.8) is 0 Å². The van der Waals surface area contributed by atoms with Gasteiger partial charge in [-0.15, -0.1) is 0 Å². The minimum atomic E-state index is -2.08. The van der Waals surface area contributed by atoms with Crippen LogP contribution >= 0.6 is 0 Å². The van der Waals surface area contributed by atoms with Gasteiger partial charge in [-0.3, -0.25) is 8.42 Å². The molecule has 0 spiro atoms. The molecule has 21 heavy (non-hydrogen) atoms. The molecular formula is C12H14CuO6S2-2. The zero-order valence-corrected chi connectivity index (χ0v) is 13.1. The van der Waals surface area contributed by atoms with Crippen LogP contribution in [0.3, 0.4) is 0 Å². The van der Waals surface area contributed by atoms with E-state index in [0.29, 0.717) is 9.79 Å². The largest absolute Gasteiger partial charge is 0.768 e. The first-order valence-electron chi connectivity index (χ1n) is 4.90. The molecule has 2 aromatic carbocycles. The summed E-state index contributed by atoms with van der Waals surface area (Å²) in [6.07, 6.45) is 0. The summed E-state index contributed by atoms with van der Waals surface area (Å²) >= 11 is -4.16. The summed E-state index contributed by atoms with van der Waals surface area (Å²) in [5.74, 6) is 0. The summed E-state index contributed by atoms with van der Waals surface area (Å²) < 4.78 is 40.8. The van der Waals surface area contributed by atoms with E-state index in [1.54, 1.807) is 60.7 Å². The van der Waals surface area contributed by atoms with Gasteiger partial charge in [0.05, 0.1) is 0 Å². The maximum atomic E-state index is 10.2. The van der Waals surface area contributed by atoms with Crippen molar-refractivity contribution in [2.75, 3.05) is 0 Å². The Morgan fingerprint density at radius 2 is 0.857 bits per heavy atom. The summed E-state index contributed by atoms with van der Waals surface area (Å²) in [4.78, 5) is 0.662. The summed E-state index contributed by atoms with van der Waals surface area (Å²) in [7, 11) is 0. The fourth-order valence-electron chi connectivity index (χ4n) is 1.06. The van der Waals surface area contributed by atoms with Gasteiger partial charge in [-0.05, 0) is 46.4 Å². The Morgan fingerprint density at radius 3 is 1.00 bits per heavy atom. The summed E-state index contributed by atoms with van der Waals surface area (Å²) in [5.41, 5.74) is 0. The number of benzene rings is 2. The molecule has 0 bridgehead atoms. The van der Waals surface area contributed by atoms with Gasteiger partial charge in [-0.25, -0.2) is 0 Å². The second kappa shape index (κ2) is 14.1. The predicted molar refractivity (Wildman–Crippen MR) is 74.5 cm³/mol. The Morgan fingerprint density at radius 1 is 0.619 bits per heavy atom. The monoisotopic (exact) mass is 381 g/mol. The molecule has 0 saturated carbocycles. The first-order chi connectivity index (χ1) is 8.61. The third kappa shape index (κ3) is 10.5. The minimum absolute atomic E-state index is 0. The first-order valence-corrected chi connectivity index (χ1v) is 7.05. The fraction of sp³-hybridized carbons (Fsp3) is 0. The molecule has 0 amide bonds. The molecule has 0 aliphatic heterocycles. The maximum absolute atomic E-state index is 10.2. The van der Waals surface area contributed by atoms with Gasteiger partial charge >= 0.3 is 0 Å². The molecule has 4 N–H and O–H groups in total. The van der Waals surface area contributed by atoms with E-state index >= 15 is 0 Å². The van der Waals surface area contributed by atoms with Crippen LogP contribution in [0.15, 0.2) is 70.5 Å². The SMILES string of the molecule is O.O.O=S([O-])c1ccccc1.O=S([O-])c1ccccc1.[Cu]. The van der Waals surface area contributed by atoms with E-state index < -0.39 is 22.2 Å². The quantitative estimate of drug-likeness (QED) is 0.540. The van der Waals surface area contributed by atoms with Crippen LogP contribution in [0.25, 0.3) is 0 Å². The van der Waals surface area contributed by atoms with Crippen molar-refractivity contribution < 1.29 is 45.5 Å². The van der Waals surface area contributed by atoms with E-state index in [4.69, 9.17) is 0 Å². The van der Waals surface area contributed by atoms with Crippen LogP contribution in [0.5, 0.6) is 0 Å². The van der Waals surface area contributed by atoms with Gasteiger partial charge in [-0.2, -0.15) is 0 Å².